The first-order chi connectivity index (χ1) is 15.7. The highest BCUT2D eigenvalue weighted by Gasteiger charge is 2.44. The van der Waals surface area contributed by atoms with Gasteiger partial charge in [-0.05, 0) is 24.3 Å². The summed E-state index contributed by atoms with van der Waals surface area (Å²) in [5.74, 6) is -1.47. The molecule has 0 atom stereocenters. The molecular formula is C20H8ClF9N4. The van der Waals surface area contributed by atoms with Crippen molar-refractivity contribution in [2.24, 2.45) is 0 Å². The first-order valence-electron chi connectivity index (χ1n) is 9.03. The third-order valence-corrected chi connectivity index (χ3v) is 5.10. The van der Waals surface area contributed by atoms with Gasteiger partial charge in [-0.2, -0.15) is 26.3 Å². The molecule has 0 amide bonds. The molecule has 0 radical (unpaired) electrons. The Labute approximate surface area is 188 Å². The van der Waals surface area contributed by atoms with Crippen LogP contribution in [0.4, 0.5) is 39.5 Å². The maximum absolute atomic E-state index is 14.0. The summed E-state index contributed by atoms with van der Waals surface area (Å²) in [6, 6.07) is 4.55. The third-order valence-electron chi connectivity index (χ3n) is 4.73. The molecule has 0 unspecified atom stereocenters. The van der Waals surface area contributed by atoms with Gasteiger partial charge in [0.25, 0.3) is 0 Å². The number of hydrogen-bond donors (Lipinski definition) is 0. The molecule has 4 aromatic rings. The number of rotatable bonds is 2. The van der Waals surface area contributed by atoms with Gasteiger partial charge in [0, 0.05) is 24.2 Å². The van der Waals surface area contributed by atoms with E-state index in [1.165, 1.54) is 18.3 Å². The average Bonchev–Trinajstić information content (AvgIpc) is 3.12. The van der Waals surface area contributed by atoms with Crippen molar-refractivity contribution in [1.29, 1.82) is 0 Å². The summed E-state index contributed by atoms with van der Waals surface area (Å²) >= 11 is 6.14. The van der Waals surface area contributed by atoms with Crippen LogP contribution in [-0.4, -0.2) is 19.5 Å². The van der Waals surface area contributed by atoms with Crippen LogP contribution >= 0.6 is 11.6 Å². The zero-order valence-electron chi connectivity index (χ0n) is 16.2. The zero-order chi connectivity index (χ0) is 25.1. The van der Waals surface area contributed by atoms with Gasteiger partial charge >= 0.3 is 18.7 Å². The van der Waals surface area contributed by atoms with Crippen LogP contribution in [0.2, 0.25) is 5.02 Å². The Kier molecular flexibility index (Phi) is 5.50. The van der Waals surface area contributed by atoms with E-state index in [2.05, 4.69) is 15.0 Å². The maximum Gasteiger partial charge on any atom is 0.490 e. The van der Waals surface area contributed by atoms with Crippen molar-refractivity contribution in [2.75, 3.05) is 0 Å². The number of hydrogen-bond acceptors (Lipinski definition) is 3. The molecule has 178 valence electrons. The van der Waals surface area contributed by atoms with Crippen molar-refractivity contribution in [1.82, 2.24) is 19.5 Å². The van der Waals surface area contributed by atoms with Gasteiger partial charge in [-0.3, -0.25) is 9.97 Å². The maximum atomic E-state index is 14.0. The third kappa shape index (κ3) is 4.04. The van der Waals surface area contributed by atoms with Gasteiger partial charge < -0.3 is 0 Å². The summed E-state index contributed by atoms with van der Waals surface area (Å²) < 4.78 is 123. The molecule has 4 rings (SSSR count). The lowest BCUT2D eigenvalue weighted by Crippen LogP contribution is -2.19. The fraction of sp³-hybridized carbons (Fsp3) is 0.150. The second-order valence-electron chi connectivity index (χ2n) is 6.86. The summed E-state index contributed by atoms with van der Waals surface area (Å²) in [7, 11) is 0. The van der Waals surface area contributed by atoms with Gasteiger partial charge in [-0.15, -0.1) is 13.2 Å². The van der Waals surface area contributed by atoms with Crippen LogP contribution in [0.25, 0.3) is 33.7 Å². The van der Waals surface area contributed by atoms with Crippen LogP contribution in [0.3, 0.4) is 0 Å². The average molecular weight is 511 g/mol. The minimum Gasteiger partial charge on any atom is -0.264 e. The zero-order valence-corrected chi connectivity index (χ0v) is 16.9. The predicted molar refractivity (Wildman–Crippen MR) is 103 cm³/mol. The molecule has 0 aliphatic heterocycles. The molecule has 0 fully saturated rings. The van der Waals surface area contributed by atoms with E-state index in [1.807, 2.05) is 0 Å². The Morgan fingerprint density at radius 3 is 2.03 bits per heavy atom. The quantitative estimate of drug-likeness (QED) is 0.265. The SMILES string of the molecule is FC(F)(F)c1cnc(-c2cccnc2)c(Cl)c1-c1nc2c(C(F)(F)F)cccc2n1C(F)(F)F. The van der Waals surface area contributed by atoms with Gasteiger partial charge in [0.15, 0.2) is 0 Å². The molecule has 3 aromatic heterocycles. The van der Waals surface area contributed by atoms with Crippen molar-refractivity contribution >= 4 is 22.6 Å². The van der Waals surface area contributed by atoms with E-state index in [0.29, 0.717) is 18.2 Å². The molecule has 0 aliphatic rings. The van der Waals surface area contributed by atoms with Gasteiger partial charge in [0.05, 0.1) is 32.9 Å². The minimum atomic E-state index is -5.45. The van der Waals surface area contributed by atoms with Gasteiger partial charge in [0.2, 0.25) is 0 Å². The highest BCUT2D eigenvalue weighted by Crippen LogP contribution is 2.47. The standard InChI is InChI=1S/C20H8ClF9N4/c21-14-13(11(19(25,26)27)8-32-15(14)9-3-2-6-31-7-9)17-33-16-10(18(22,23)24)4-1-5-12(16)34(17)20(28,29)30/h1-8H. The molecule has 1 aromatic carbocycles. The summed E-state index contributed by atoms with van der Waals surface area (Å²) in [6.45, 7) is 0. The monoisotopic (exact) mass is 510 g/mol. The number of alkyl halides is 9. The summed E-state index contributed by atoms with van der Waals surface area (Å²) in [4.78, 5) is 10.8. The fourth-order valence-electron chi connectivity index (χ4n) is 3.38. The molecule has 34 heavy (non-hydrogen) atoms. The summed E-state index contributed by atoms with van der Waals surface area (Å²) in [6.07, 6.45) is -13.1. The van der Waals surface area contributed by atoms with E-state index in [4.69, 9.17) is 11.6 Å². The second kappa shape index (κ2) is 7.86. The lowest BCUT2D eigenvalue weighted by Gasteiger charge is -2.18. The predicted octanol–water partition coefficient (Wildman–Crippen LogP) is 7.33. The summed E-state index contributed by atoms with van der Waals surface area (Å²) in [5.41, 5.74) is -7.13. The number of pyridine rings is 2. The van der Waals surface area contributed by atoms with Crippen LogP contribution in [0.5, 0.6) is 0 Å². The molecule has 0 bridgehead atoms. The Morgan fingerprint density at radius 1 is 0.794 bits per heavy atom. The van der Waals surface area contributed by atoms with E-state index in [-0.39, 0.29) is 17.5 Å². The fourth-order valence-corrected chi connectivity index (χ4v) is 3.72. The minimum absolute atomic E-state index is 0.0631. The Bertz CT molecular complexity index is 1370. The second-order valence-corrected chi connectivity index (χ2v) is 7.24. The van der Waals surface area contributed by atoms with Gasteiger partial charge in [-0.25, -0.2) is 9.55 Å². The number of nitrogens with zero attached hydrogens (tertiary/aromatic N) is 4. The van der Waals surface area contributed by atoms with Gasteiger partial charge in [-0.1, -0.05) is 17.7 Å². The van der Waals surface area contributed by atoms with Crippen molar-refractivity contribution in [2.45, 2.75) is 18.7 Å². The van der Waals surface area contributed by atoms with E-state index in [9.17, 15) is 39.5 Å². The first-order valence-corrected chi connectivity index (χ1v) is 9.41. The molecule has 3 heterocycles. The smallest absolute Gasteiger partial charge is 0.264 e. The van der Waals surface area contributed by atoms with Crippen LogP contribution in [0, 0.1) is 0 Å². The number of benzene rings is 1. The molecular weight excluding hydrogens is 503 g/mol. The Morgan fingerprint density at radius 2 is 1.47 bits per heavy atom. The first kappa shape index (κ1) is 23.8. The van der Waals surface area contributed by atoms with Crippen LogP contribution in [-0.2, 0) is 18.7 Å². The van der Waals surface area contributed by atoms with E-state index >= 15 is 0 Å². The van der Waals surface area contributed by atoms with E-state index < -0.39 is 61.8 Å². The van der Waals surface area contributed by atoms with Crippen molar-refractivity contribution in [3.05, 3.63) is 65.1 Å². The lowest BCUT2D eigenvalue weighted by atomic mass is 10.0. The summed E-state index contributed by atoms with van der Waals surface area (Å²) in [5, 5.41) is -0.891. The highest BCUT2D eigenvalue weighted by atomic mass is 35.5. The number of imidazole rings is 1. The van der Waals surface area contributed by atoms with Crippen molar-refractivity contribution in [3.8, 4) is 22.6 Å². The molecule has 14 heteroatoms. The Hall–Kier alpha value is -3.35. The molecule has 0 saturated carbocycles. The largest absolute Gasteiger partial charge is 0.490 e. The highest BCUT2D eigenvalue weighted by molar-refractivity contribution is 6.36. The Balaban J connectivity index is 2.18. The van der Waals surface area contributed by atoms with Crippen molar-refractivity contribution in [3.63, 3.8) is 0 Å². The molecule has 0 saturated heterocycles. The lowest BCUT2D eigenvalue weighted by molar-refractivity contribution is -0.199. The van der Waals surface area contributed by atoms with Crippen LogP contribution in [0.15, 0.2) is 48.9 Å². The van der Waals surface area contributed by atoms with E-state index in [1.54, 1.807) is 0 Å². The van der Waals surface area contributed by atoms with Crippen LogP contribution < -0.4 is 0 Å². The number of aromatic nitrogens is 4. The van der Waals surface area contributed by atoms with Crippen LogP contribution in [0.1, 0.15) is 11.1 Å². The topological polar surface area (TPSA) is 43.6 Å². The molecule has 0 N–H and O–H groups in total. The van der Waals surface area contributed by atoms with Gasteiger partial charge in [0.1, 0.15) is 11.3 Å². The number of para-hydroxylation sites is 1. The normalized spacial score (nSPS) is 13.0. The van der Waals surface area contributed by atoms with Crippen molar-refractivity contribution < 1.29 is 39.5 Å². The van der Waals surface area contributed by atoms with E-state index in [0.717, 1.165) is 6.20 Å². The molecule has 0 aliphatic carbocycles. The number of halogens is 10. The molecule has 4 nitrogen and oxygen atoms in total. The number of fused-ring (bicyclic) bond motifs is 1. The molecule has 0 spiro atoms.